The van der Waals surface area contributed by atoms with E-state index >= 15 is 0 Å². The van der Waals surface area contributed by atoms with Gasteiger partial charge in [0.05, 0.1) is 20.6 Å². The topological polar surface area (TPSA) is 64.6 Å². The predicted molar refractivity (Wildman–Crippen MR) is 107 cm³/mol. The van der Waals surface area contributed by atoms with Crippen LogP contribution in [0, 0.1) is 0 Å². The summed E-state index contributed by atoms with van der Waals surface area (Å²) in [5, 5.41) is 0.987. The molecule has 0 aliphatic carbocycles. The van der Waals surface area contributed by atoms with Crippen molar-refractivity contribution in [2.45, 2.75) is 6.54 Å². The highest BCUT2D eigenvalue weighted by atomic mass is 35.5. The monoisotopic (exact) mass is 396 g/mol. The molecule has 2 aromatic carbocycles. The van der Waals surface area contributed by atoms with Gasteiger partial charge in [-0.3, -0.25) is 9.59 Å². The van der Waals surface area contributed by atoms with E-state index in [4.69, 9.17) is 16.0 Å². The first-order valence-corrected chi connectivity index (χ1v) is 9.28. The van der Waals surface area contributed by atoms with Gasteiger partial charge in [-0.05, 0) is 24.3 Å². The van der Waals surface area contributed by atoms with Crippen molar-refractivity contribution >= 4 is 50.0 Å². The number of carbonyl (C=O) groups excluding carboxylic acids is 1. The smallest absolute Gasteiger partial charge is 0.315 e. The number of benzene rings is 2. The second-order valence-corrected chi connectivity index (χ2v) is 7.17. The lowest BCUT2D eigenvalue weighted by Gasteiger charge is -2.02. The van der Waals surface area contributed by atoms with Crippen molar-refractivity contribution in [3.63, 3.8) is 0 Å². The molecule has 2 heterocycles. The van der Waals surface area contributed by atoms with Gasteiger partial charge in [0.1, 0.15) is 5.58 Å². The fraction of sp³-hybridized carbons (Fsp3) is 0.0500. The molecule has 0 aliphatic rings. The average molecular weight is 397 g/mol. The quantitative estimate of drug-likeness (QED) is 0.482. The fourth-order valence-corrected chi connectivity index (χ4v) is 4.22. The van der Waals surface area contributed by atoms with Crippen molar-refractivity contribution < 1.29 is 9.21 Å². The molecule has 134 valence electrons. The van der Waals surface area contributed by atoms with E-state index in [9.17, 15) is 9.59 Å². The van der Waals surface area contributed by atoms with Crippen LogP contribution in [-0.2, 0) is 6.54 Å². The van der Waals surface area contributed by atoms with E-state index in [1.165, 1.54) is 17.4 Å². The summed E-state index contributed by atoms with van der Waals surface area (Å²) in [6, 6.07) is 13.5. The van der Waals surface area contributed by atoms with Gasteiger partial charge < -0.3 is 8.98 Å². The second kappa shape index (κ2) is 6.98. The first-order chi connectivity index (χ1) is 13.1. The molecule has 4 aromatic rings. The first-order valence-electron chi connectivity index (χ1n) is 8.09. The number of thiazole rings is 1. The van der Waals surface area contributed by atoms with Crippen LogP contribution in [-0.4, -0.2) is 10.5 Å². The Hall–Kier alpha value is -2.96. The van der Waals surface area contributed by atoms with E-state index in [0.29, 0.717) is 27.3 Å². The van der Waals surface area contributed by atoms with E-state index in [2.05, 4.69) is 11.6 Å². The minimum absolute atomic E-state index is 0.104. The Morgan fingerprint density at radius 1 is 1.26 bits per heavy atom. The maximum Gasteiger partial charge on any atom is 0.315 e. The molecular weight excluding hydrogens is 384 g/mol. The third-order valence-corrected chi connectivity index (χ3v) is 5.35. The number of hydrogen-bond acceptors (Lipinski definition) is 4. The molecule has 5 nitrogen and oxygen atoms in total. The normalized spacial score (nSPS) is 12.0. The summed E-state index contributed by atoms with van der Waals surface area (Å²) < 4.78 is 8.29. The highest BCUT2D eigenvalue weighted by Crippen LogP contribution is 2.25. The standard InChI is InChI=1S/C20H13ClN2O3S/c1-2-10-23-18-13(21)7-5-9-17(18)27-20(23)22-19(25)16-11-14(24)12-6-3-4-8-15(12)26-16/h2-9,11H,1,10H2. The Balaban J connectivity index is 1.90. The Morgan fingerprint density at radius 3 is 2.89 bits per heavy atom. The van der Waals surface area contributed by atoms with E-state index in [-0.39, 0.29) is 11.2 Å². The van der Waals surface area contributed by atoms with E-state index in [1.807, 2.05) is 16.7 Å². The molecule has 0 atom stereocenters. The minimum atomic E-state index is -0.627. The summed E-state index contributed by atoms with van der Waals surface area (Å²) in [5.41, 5.74) is 0.853. The molecule has 0 aliphatic heterocycles. The van der Waals surface area contributed by atoms with Crippen LogP contribution < -0.4 is 10.2 Å². The number of aromatic nitrogens is 1. The van der Waals surface area contributed by atoms with Gasteiger partial charge in [0.15, 0.2) is 16.0 Å². The zero-order valence-electron chi connectivity index (χ0n) is 14.0. The summed E-state index contributed by atoms with van der Waals surface area (Å²) in [5.74, 6) is -0.731. The van der Waals surface area contributed by atoms with Crippen molar-refractivity contribution in [1.82, 2.24) is 4.57 Å². The molecule has 4 rings (SSSR count). The zero-order valence-corrected chi connectivity index (χ0v) is 15.6. The van der Waals surface area contributed by atoms with Gasteiger partial charge in [-0.15, -0.1) is 6.58 Å². The Morgan fingerprint density at radius 2 is 2.07 bits per heavy atom. The lowest BCUT2D eigenvalue weighted by Crippen LogP contribution is -2.17. The molecule has 27 heavy (non-hydrogen) atoms. The van der Waals surface area contributed by atoms with Crippen LogP contribution in [0.15, 0.2) is 75.4 Å². The Bertz CT molecular complexity index is 1330. The van der Waals surface area contributed by atoms with Crippen LogP contribution in [0.3, 0.4) is 0 Å². The highest BCUT2D eigenvalue weighted by Gasteiger charge is 2.14. The van der Waals surface area contributed by atoms with Gasteiger partial charge in [0.25, 0.3) is 0 Å². The number of amides is 1. The second-order valence-electron chi connectivity index (χ2n) is 5.76. The zero-order chi connectivity index (χ0) is 19.0. The van der Waals surface area contributed by atoms with Crippen LogP contribution in [0.4, 0.5) is 0 Å². The van der Waals surface area contributed by atoms with Gasteiger partial charge in [-0.25, -0.2) is 0 Å². The maximum absolute atomic E-state index is 12.7. The SMILES string of the molecule is C=CCn1c(=NC(=O)c2cc(=O)c3ccccc3o2)sc2cccc(Cl)c21. The summed E-state index contributed by atoms with van der Waals surface area (Å²) in [4.78, 5) is 29.5. The minimum Gasteiger partial charge on any atom is -0.451 e. The number of para-hydroxylation sites is 2. The molecule has 7 heteroatoms. The molecular formula is C20H13ClN2O3S. The molecule has 0 N–H and O–H groups in total. The molecule has 0 saturated heterocycles. The number of fused-ring (bicyclic) bond motifs is 2. The third-order valence-electron chi connectivity index (χ3n) is 4.01. The van der Waals surface area contributed by atoms with Crippen LogP contribution in [0.1, 0.15) is 10.6 Å². The Labute approximate surface area is 162 Å². The lowest BCUT2D eigenvalue weighted by molar-refractivity contribution is 0.0972. The molecule has 2 aromatic heterocycles. The Kier molecular flexibility index (Phi) is 4.51. The number of rotatable bonds is 3. The van der Waals surface area contributed by atoms with Gasteiger partial charge >= 0.3 is 5.91 Å². The predicted octanol–water partition coefficient (Wildman–Crippen LogP) is 4.39. The average Bonchev–Trinajstić information content (AvgIpc) is 3.00. The number of hydrogen-bond donors (Lipinski definition) is 0. The summed E-state index contributed by atoms with van der Waals surface area (Å²) >= 11 is 7.65. The molecule has 0 spiro atoms. The lowest BCUT2D eigenvalue weighted by atomic mass is 10.2. The number of carbonyl (C=O) groups is 1. The van der Waals surface area contributed by atoms with Crippen molar-refractivity contribution in [3.05, 3.63) is 87.0 Å². The van der Waals surface area contributed by atoms with Crippen molar-refractivity contribution in [1.29, 1.82) is 0 Å². The molecule has 0 unspecified atom stereocenters. The van der Waals surface area contributed by atoms with Crippen molar-refractivity contribution in [3.8, 4) is 0 Å². The number of halogens is 1. The summed E-state index contributed by atoms with van der Waals surface area (Å²) in [7, 11) is 0. The van der Waals surface area contributed by atoms with Crippen LogP contribution in [0.2, 0.25) is 5.02 Å². The van der Waals surface area contributed by atoms with Gasteiger partial charge in [0.2, 0.25) is 0 Å². The van der Waals surface area contributed by atoms with Gasteiger partial charge in [-0.2, -0.15) is 4.99 Å². The van der Waals surface area contributed by atoms with Crippen LogP contribution in [0.5, 0.6) is 0 Å². The van der Waals surface area contributed by atoms with Crippen molar-refractivity contribution in [2.75, 3.05) is 0 Å². The van der Waals surface area contributed by atoms with E-state index in [0.717, 1.165) is 10.2 Å². The number of allylic oxidation sites excluding steroid dienone is 1. The molecule has 0 fully saturated rings. The molecule has 1 amide bonds. The third kappa shape index (κ3) is 3.13. The van der Waals surface area contributed by atoms with Gasteiger partial charge in [0, 0.05) is 12.6 Å². The number of nitrogens with zero attached hydrogens (tertiary/aromatic N) is 2. The van der Waals surface area contributed by atoms with Gasteiger partial charge in [-0.1, -0.05) is 47.2 Å². The maximum atomic E-state index is 12.7. The van der Waals surface area contributed by atoms with E-state index in [1.54, 1.807) is 36.4 Å². The summed E-state index contributed by atoms with van der Waals surface area (Å²) in [6.45, 7) is 4.19. The van der Waals surface area contributed by atoms with Crippen molar-refractivity contribution in [2.24, 2.45) is 4.99 Å². The molecule has 0 radical (unpaired) electrons. The molecule has 0 bridgehead atoms. The largest absolute Gasteiger partial charge is 0.451 e. The van der Waals surface area contributed by atoms with Crippen LogP contribution in [0.25, 0.3) is 21.2 Å². The molecule has 0 saturated carbocycles. The first kappa shape index (κ1) is 17.5. The van der Waals surface area contributed by atoms with Crippen LogP contribution >= 0.6 is 22.9 Å². The summed E-state index contributed by atoms with van der Waals surface area (Å²) in [6.07, 6.45) is 1.70. The fourth-order valence-electron chi connectivity index (χ4n) is 2.82. The van der Waals surface area contributed by atoms with E-state index < -0.39 is 5.91 Å². The highest BCUT2D eigenvalue weighted by molar-refractivity contribution is 7.16.